The molecule has 2 heteroatoms. The second-order valence-corrected chi connectivity index (χ2v) is 9.42. The van der Waals surface area contributed by atoms with Crippen LogP contribution in [0.1, 0.15) is 136 Å². The molecule has 186 valence electrons. The molecule has 0 aliphatic heterocycles. The molecule has 0 fully saturated rings. The minimum Gasteiger partial charge on any atom is -0.346 e. The van der Waals surface area contributed by atoms with Crippen LogP contribution in [0.2, 0.25) is 0 Å². The van der Waals surface area contributed by atoms with Crippen LogP contribution in [0.25, 0.3) is 0 Å². The van der Waals surface area contributed by atoms with Gasteiger partial charge in [-0.2, -0.15) is 0 Å². The number of rotatable bonds is 22. The van der Waals surface area contributed by atoms with Gasteiger partial charge < -0.3 is 9.47 Å². The lowest BCUT2D eigenvalue weighted by Crippen LogP contribution is -2.41. The molecule has 0 heterocycles. The minimum absolute atomic E-state index is 0.413. The van der Waals surface area contributed by atoms with Gasteiger partial charge in [0.1, 0.15) is 0 Å². The van der Waals surface area contributed by atoms with Crippen LogP contribution in [0.15, 0.2) is 30.3 Å². The summed E-state index contributed by atoms with van der Waals surface area (Å²) < 4.78 is 13.0. The SMILES string of the molecule is CCCCCCCCCCC(CCCCCCCC)C(OCC)(OCC)c1ccccc1. The van der Waals surface area contributed by atoms with Crippen molar-refractivity contribution in [2.45, 2.75) is 136 Å². The normalized spacial score (nSPS) is 12.9. The van der Waals surface area contributed by atoms with E-state index in [2.05, 4.69) is 58.0 Å². The van der Waals surface area contributed by atoms with Crippen molar-refractivity contribution < 1.29 is 9.47 Å². The molecule has 0 aliphatic carbocycles. The summed E-state index contributed by atoms with van der Waals surface area (Å²) in [4.78, 5) is 0. The molecule has 0 saturated carbocycles. The number of benzene rings is 1. The summed E-state index contributed by atoms with van der Waals surface area (Å²) in [5.74, 6) is -0.189. The summed E-state index contributed by atoms with van der Waals surface area (Å²) in [6.07, 6.45) is 21.3. The predicted octanol–water partition coefficient (Wildman–Crippen LogP) is 9.81. The highest BCUT2D eigenvalue weighted by molar-refractivity contribution is 5.21. The van der Waals surface area contributed by atoms with E-state index in [4.69, 9.17) is 9.47 Å². The van der Waals surface area contributed by atoms with E-state index in [1.54, 1.807) is 0 Å². The molecular weight excluding hydrogens is 392 g/mol. The Bertz CT molecular complexity index is 507. The Morgan fingerprint density at radius 1 is 0.562 bits per heavy atom. The number of unbranched alkanes of at least 4 members (excludes halogenated alkanes) is 12. The maximum absolute atomic E-state index is 6.51. The molecule has 0 saturated heterocycles. The molecule has 1 rings (SSSR count). The number of hydrogen-bond acceptors (Lipinski definition) is 2. The van der Waals surface area contributed by atoms with Crippen molar-refractivity contribution >= 4 is 0 Å². The third-order valence-corrected chi connectivity index (χ3v) is 6.74. The van der Waals surface area contributed by atoms with E-state index in [1.807, 2.05) is 0 Å². The van der Waals surface area contributed by atoms with E-state index in [1.165, 1.54) is 108 Å². The van der Waals surface area contributed by atoms with E-state index >= 15 is 0 Å². The van der Waals surface area contributed by atoms with Crippen molar-refractivity contribution in [3.63, 3.8) is 0 Å². The van der Waals surface area contributed by atoms with E-state index in [0.717, 1.165) is 0 Å². The van der Waals surface area contributed by atoms with Gasteiger partial charge in [-0.05, 0) is 26.7 Å². The van der Waals surface area contributed by atoms with Crippen LogP contribution in [0.5, 0.6) is 0 Å². The minimum atomic E-state index is -0.602. The quantitative estimate of drug-likeness (QED) is 0.130. The molecule has 2 nitrogen and oxygen atoms in total. The fraction of sp³-hybridized carbons (Fsp3) is 0.800. The van der Waals surface area contributed by atoms with Crippen molar-refractivity contribution in [2.75, 3.05) is 13.2 Å². The summed E-state index contributed by atoms with van der Waals surface area (Å²) in [5.41, 5.74) is 1.19. The Hall–Kier alpha value is -0.860. The second kappa shape index (κ2) is 19.6. The van der Waals surface area contributed by atoms with E-state index in [9.17, 15) is 0 Å². The Kier molecular flexibility index (Phi) is 17.9. The van der Waals surface area contributed by atoms with Crippen LogP contribution in [0, 0.1) is 5.92 Å². The molecule has 0 spiro atoms. The molecule has 0 bridgehead atoms. The van der Waals surface area contributed by atoms with Gasteiger partial charge in [-0.15, -0.1) is 0 Å². The monoisotopic (exact) mass is 446 g/mol. The van der Waals surface area contributed by atoms with Gasteiger partial charge in [0.2, 0.25) is 0 Å². The standard InChI is InChI=1S/C30H54O2/c1-5-9-11-13-15-16-18-21-25-28(24-20-17-14-12-10-6-2)30(31-7-3,32-8-4)29-26-22-19-23-27-29/h19,22-23,26-28H,5-18,20-21,24-25H2,1-4H3. The summed E-state index contributed by atoms with van der Waals surface area (Å²) in [6, 6.07) is 10.7. The van der Waals surface area contributed by atoms with Gasteiger partial charge in [0.05, 0.1) is 0 Å². The molecule has 1 unspecified atom stereocenters. The van der Waals surface area contributed by atoms with E-state index < -0.39 is 5.79 Å². The molecule has 0 aliphatic rings. The first kappa shape index (κ1) is 29.2. The topological polar surface area (TPSA) is 18.5 Å². The first-order valence-electron chi connectivity index (χ1n) is 14.1. The maximum atomic E-state index is 6.51. The molecule has 32 heavy (non-hydrogen) atoms. The highest BCUT2D eigenvalue weighted by atomic mass is 16.7. The zero-order valence-corrected chi connectivity index (χ0v) is 22.0. The molecule has 0 N–H and O–H groups in total. The van der Waals surface area contributed by atoms with Crippen molar-refractivity contribution in [3.8, 4) is 0 Å². The van der Waals surface area contributed by atoms with Crippen LogP contribution in [-0.4, -0.2) is 13.2 Å². The summed E-state index contributed by atoms with van der Waals surface area (Å²) in [7, 11) is 0. The average molecular weight is 447 g/mol. The number of ether oxygens (including phenoxy) is 2. The lowest BCUT2D eigenvalue weighted by molar-refractivity contribution is -0.277. The van der Waals surface area contributed by atoms with Gasteiger partial charge in [0.25, 0.3) is 0 Å². The third-order valence-electron chi connectivity index (χ3n) is 6.74. The average Bonchev–Trinajstić information content (AvgIpc) is 2.82. The Balaban J connectivity index is 2.79. The van der Waals surface area contributed by atoms with Crippen molar-refractivity contribution in [2.24, 2.45) is 5.92 Å². The number of hydrogen-bond donors (Lipinski definition) is 0. The fourth-order valence-corrected chi connectivity index (χ4v) is 5.00. The largest absolute Gasteiger partial charge is 0.346 e. The van der Waals surface area contributed by atoms with Gasteiger partial charge in [-0.25, -0.2) is 0 Å². The van der Waals surface area contributed by atoms with Crippen molar-refractivity contribution in [3.05, 3.63) is 35.9 Å². The summed E-state index contributed by atoms with van der Waals surface area (Å²) >= 11 is 0. The molecule has 0 radical (unpaired) electrons. The lowest BCUT2D eigenvalue weighted by atomic mass is 9.83. The van der Waals surface area contributed by atoms with Crippen LogP contribution >= 0.6 is 0 Å². The molecule has 0 amide bonds. The summed E-state index contributed by atoms with van der Waals surface area (Å²) in [6.45, 7) is 10.2. The predicted molar refractivity (Wildman–Crippen MR) is 140 cm³/mol. The molecule has 1 aromatic rings. The first-order chi connectivity index (χ1) is 15.7. The Morgan fingerprint density at radius 2 is 0.969 bits per heavy atom. The highest BCUT2D eigenvalue weighted by Gasteiger charge is 2.41. The Morgan fingerprint density at radius 3 is 1.38 bits per heavy atom. The molecule has 0 aromatic heterocycles. The zero-order valence-electron chi connectivity index (χ0n) is 22.0. The molecular formula is C30H54O2. The van der Waals surface area contributed by atoms with Crippen LogP contribution in [0.3, 0.4) is 0 Å². The highest BCUT2D eigenvalue weighted by Crippen LogP contribution is 2.41. The van der Waals surface area contributed by atoms with Crippen molar-refractivity contribution in [1.82, 2.24) is 0 Å². The van der Waals surface area contributed by atoms with Gasteiger partial charge in [0.15, 0.2) is 5.79 Å². The first-order valence-corrected chi connectivity index (χ1v) is 14.1. The van der Waals surface area contributed by atoms with Crippen LogP contribution < -0.4 is 0 Å². The van der Waals surface area contributed by atoms with Gasteiger partial charge in [-0.1, -0.05) is 134 Å². The second-order valence-electron chi connectivity index (χ2n) is 9.42. The van der Waals surface area contributed by atoms with E-state index in [-0.39, 0.29) is 0 Å². The fourth-order valence-electron chi connectivity index (χ4n) is 5.00. The zero-order chi connectivity index (χ0) is 23.3. The van der Waals surface area contributed by atoms with Gasteiger partial charge in [0, 0.05) is 24.7 Å². The Labute approximate surface area is 200 Å². The van der Waals surface area contributed by atoms with Crippen LogP contribution in [-0.2, 0) is 15.3 Å². The van der Waals surface area contributed by atoms with E-state index in [0.29, 0.717) is 19.1 Å². The molecule has 1 aromatic carbocycles. The third kappa shape index (κ3) is 11.3. The smallest absolute Gasteiger partial charge is 0.197 e. The van der Waals surface area contributed by atoms with Gasteiger partial charge in [-0.3, -0.25) is 0 Å². The lowest BCUT2D eigenvalue weighted by Gasteiger charge is -2.41. The van der Waals surface area contributed by atoms with Crippen LogP contribution in [0.4, 0.5) is 0 Å². The summed E-state index contributed by atoms with van der Waals surface area (Å²) in [5, 5.41) is 0. The van der Waals surface area contributed by atoms with Crippen molar-refractivity contribution in [1.29, 1.82) is 0 Å². The molecule has 1 atom stereocenters. The maximum Gasteiger partial charge on any atom is 0.197 e. The van der Waals surface area contributed by atoms with Gasteiger partial charge >= 0.3 is 0 Å².